The van der Waals surface area contributed by atoms with Crippen LogP contribution < -0.4 is 5.73 Å². The zero-order valence-electron chi connectivity index (χ0n) is 8.61. The predicted octanol–water partition coefficient (Wildman–Crippen LogP) is 0.923. The van der Waals surface area contributed by atoms with E-state index in [2.05, 4.69) is 22.0 Å². The average molecular weight is 191 g/mol. The van der Waals surface area contributed by atoms with E-state index in [1.165, 1.54) is 0 Å². The fourth-order valence-electron chi connectivity index (χ4n) is 1.92. The lowest BCUT2D eigenvalue weighted by Gasteiger charge is -2.14. The van der Waals surface area contributed by atoms with Gasteiger partial charge in [0.1, 0.15) is 0 Å². The second kappa shape index (κ2) is 4.07. The lowest BCUT2D eigenvalue weighted by molar-refractivity contribution is 0.322. The predicted molar refractivity (Wildman–Crippen MR) is 56.8 cm³/mol. The number of nitrogens with two attached hydrogens (primary N) is 1. The van der Waals surface area contributed by atoms with Gasteiger partial charge in [-0.25, -0.2) is 0 Å². The molecule has 0 amide bonds. The molecular formula is C11H17N3. The Labute approximate surface area is 84.9 Å². The number of rotatable bonds is 2. The van der Waals surface area contributed by atoms with Gasteiger partial charge in [-0.2, -0.15) is 0 Å². The van der Waals surface area contributed by atoms with Crippen molar-refractivity contribution in [2.24, 2.45) is 5.73 Å². The molecule has 1 aliphatic rings. The maximum Gasteiger partial charge on any atom is 0.0547 e. The first-order valence-corrected chi connectivity index (χ1v) is 5.14. The molecule has 1 aromatic heterocycles. The molecular weight excluding hydrogens is 174 g/mol. The van der Waals surface area contributed by atoms with Gasteiger partial charge in [0.15, 0.2) is 0 Å². The van der Waals surface area contributed by atoms with Crippen LogP contribution in [0.15, 0.2) is 18.2 Å². The maximum absolute atomic E-state index is 5.85. The highest BCUT2D eigenvalue weighted by Crippen LogP contribution is 2.10. The van der Waals surface area contributed by atoms with Crippen LogP contribution in [0.3, 0.4) is 0 Å². The number of hydrogen-bond donors (Lipinski definition) is 1. The second-order valence-corrected chi connectivity index (χ2v) is 4.05. The summed E-state index contributed by atoms with van der Waals surface area (Å²) in [6.07, 6.45) is 1.12. The van der Waals surface area contributed by atoms with Crippen LogP contribution in [0.1, 0.15) is 17.8 Å². The highest BCUT2D eigenvalue weighted by Gasteiger charge is 2.18. The molecule has 1 fully saturated rings. The number of aryl methyl sites for hydroxylation is 1. The van der Waals surface area contributed by atoms with Gasteiger partial charge >= 0.3 is 0 Å². The van der Waals surface area contributed by atoms with Gasteiger partial charge in [-0.1, -0.05) is 6.07 Å². The molecule has 1 saturated heterocycles. The molecule has 0 aromatic carbocycles. The Morgan fingerprint density at radius 3 is 3.07 bits per heavy atom. The molecule has 1 atom stereocenters. The van der Waals surface area contributed by atoms with Crippen molar-refractivity contribution >= 4 is 0 Å². The van der Waals surface area contributed by atoms with E-state index >= 15 is 0 Å². The van der Waals surface area contributed by atoms with Gasteiger partial charge in [0.25, 0.3) is 0 Å². The SMILES string of the molecule is Cc1cccc(CN2CC[C@@H](N)C2)n1. The fourth-order valence-corrected chi connectivity index (χ4v) is 1.92. The van der Waals surface area contributed by atoms with Crippen molar-refractivity contribution in [2.45, 2.75) is 25.9 Å². The van der Waals surface area contributed by atoms with Crippen molar-refractivity contribution in [3.05, 3.63) is 29.6 Å². The van der Waals surface area contributed by atoms with Gasteiger partial charge in [-0.05, 0) is 25.5 Å². The Kier molecular flexibility index (Phi) is 2.79. The molecule has 3 heteroatoms. The first kappa shape index (κ1) is 9.62. The van der Waals surface area contributed by atoms with Crippen LogP contribution in [-0.4, -0.2) is 29.0 Å². The molecule has 1 aromatic rings. The molecule has 0 aliphatic carbocycles. The third-order valence-electron chi connectivity index (χ3n) is 2.64. The molecule has 0 unspecified atom stereocenters. The topological polar surface area (TPSA) is 42.1 Å². The standard InChI is InChI=1S/C11H17N3/c1-9-3-2-4-11(13-9)8-14-6-5-10(12)7-14/h2-4,10H,5-8,12H2,1H3/t10-/m1/s1. The maximum atomic E-state index is 5.85. The minimum absolute atomic E-state index is 0.361. The van der Waals surface area contributed by atoms with Gasteiger partial charge in [0, 0.05) is 31.4 Å². The van der Waals surface area contributed by atoms with Gasteiger partial charge in [0.05, 0.1) is 5.69 Å². The summed E-state index contributed by atoms with van der Waals surface area (Å²) < 4.78 is 0. The summed E-state index contributed by atoms with van der Waals surface area (Å²) >= 11 is 0. The van der Waals surface area contributed by atoms with E-state index in [4.69, 9.17) is 5.73 Å². The summed E-state index contributed by atoms with van der Waals surface area (Å²) in [5.41, 5.74) is 8.09. The fraction of sp³-hybridized carbons (Fsp3) is 0.545. The Morgan fingerprint density at radius 2 is 2.43 bits per heavy atom. The summed E-state index contributed by atoms with van der Waals surface area (Å²) in [7, 11) is 0. The van der Waals surface area contributed by atoms with E-state index in [0.29, 0.717) is 6.04 Å². The molecule has 14 heavy (non-hydrogen) atoms. The summed E-state index contributed by atoms with van der Waals surface area (Å²) in [6.45, 7) is 5.08. The van der Waals surface area contributed by atoms with E-state index < -0.39 is 0 Å². The van der Waals surface area contributed by atoms with E-state index in [1.807, 2.05) is 13.0 Å². The summed E-state index contributed by atoms with van der Waals surface area (Å²) in [6, 6.07) is 6.53. The van der Waals surface area contributed by atoms with Gasteiger partial charge in [0.2, 0.25) is 0 Å². The van der Waals surface area contributed by atoms with Crippen LogP contribution >= 0.6 is 0 Å². The third-order valence-corrected chi connectivity index (χ3v) is 2.64. The van der Waals surface area contributed by atoms with E-state index in [9.17, 15) is 0 Å². The largest absolute Gasteiger partial charge is 0.326 e. The number of nitrogens with zero attached hydrogens (tertiary/aromatic N) is 2. The monoisotopic (exact) mass is 191 g/mol. The van der Waals surface area contributed by atoms with Gasteiger partial charge in [-0.3, -0.25) is 9.88 Å². The first-order valence-electron chi connectivity index (χ1n) is 5.14. The number of hydrogen-bond acceptors (Lipinski definition) is 3. The highest BCUT2D eigenvalue weighted by molar-refractivity contribution is 5.10. The third kappa shape index (κ3) is 2.30. The number of aromatic nitrogens is 1. The Balaban J connectivity index is 1.97. The van der Waals surface area contributed by atoms with E-state index in [1.54, 1.807) is 0 Å². The molecule has 76 valence electrons. The summed E-state index contributed by atoms with van der Waals surface area (Å²) in [5, 5.41) is 0. The zero-order chi connectivity index (χ0) is 9.97. The normalized spacial score (nSPS) is 22.9. The minimum atomic E-state index is 0.361. The minimum Gasteiger partial charge on any atom is -0.326 e. The Morgan fingerprint density at radius 1 is 1.57 bits per heavy atom. The van der Waals surface area contributed by atoms with Crippen molar-refractivity contribution in [3.8, 4) is 0 Å². The molecule has 0 bridgehead atoms. The smallest absolute Gasteiger partial charge is 0.0547 e. The van der Waals surface area contributed by atoms with Crippen LogP contribution in [0.25, 0.3) is 0 Å². The van der Waals surface area contributed by atoms with Gasteiger partial charge < -0.3 is 5.73 Å². The quantitative estimate of drug-likeness (QED) is 0.756. The molecule has 0 saturated carbocycles. The van der Waals surface area contributed by atoms with Crippen LogP contribution in [0.2, 0.25) is 0 Å². The Hall–Kier alpha value is -0.930. The lowest BCUT2D eigenvalue weighted by atomic mass is 10.3. The summed E-state index contributed by atoms with van der Waals surface area (Å²) in [5.74, 6) is 0. The van der Waals surface area contributed by atoms with Crippen LogP contribution in [0, 0.1) is 6.92 Å². The Bertz CT molecular complexity index is 311. The van der Waals surface area contributed by atoms with E-state index in [-0.39, 0.29) is 0 Å². The van der Waals surface area contributed by atoms with Crippen molar-refractivity contribution in [2.75, 3.05) is 13.1 Å². The van der Waals surface area contributed by atoms with Crippen molar-refractivity contribution in [1.29, 1.82) is 0 Å². The molecule has 2 N–H and O–H groups in total. The first-order chi connectivity index (χ1) is 6.74. The van der Waals surface area contributed by atoms with Crippen LogP contribution in [0.5, 0.6) is 0 Å². The van der Waals surface area contributed by atoms with Crippen molar-refractivity contribution in [1.82, 2.24) is 9.88 Å². The average Bonchev–Trinajstić information content (AvgIpc) is 2.51. The van der Waals surface area contributed by atoms with Crippen molar-refractivity contribution in [3.63, 3.8) is 0 Å². The number of pyridine rings is 1. The molecule has 1 aliphatic heterocycles. The van der Waals surface area contributed by atoms with Crippen molar-refractivity contribution < 1.29 is 0 Å². The highest BCUT2D eigenvalue weighted by atomic mass is 15.2. The zero-order valence-corrected chi connectivity index (χ0v) is 8.61. The summed E-state index contributed by atoms with van der Waals surface area (Å²) in [4.78, 5) is 6.85. The van der Waals surface area contributed by atoms with Crippen LogP contribution in [-0.2, 0) is 6.54 Å². The molecule has 0 spiro atoms. The molecule has 3 nitrogen and oxygen atoms in total. The van der Waals surface area contributed by atoms with E-state index in [0.717, 1.165) is 37.4 Å². The number of likely N-dealkylation sites (tertiary alicyclic amines) is 1. The molecule has 2 rings (SSSR count). The second-order valence-electron chi connectivity index (χ2n) is 4.05. The lowest BCUT2D eigenvalue weighted by Crippen LogP contribution is -2.26. The van der Waals surface area contributed by atoms with Crippen LogP contribution in [0.4, 0.5) is 0 Å². The molecule has 0 radical (unpaired) electrons. The molecule has 2 heterocycles. The van der Waals surface area contributed by atoms with Gasteiger partial charge in [-0.15, -0.1) is 0 Å².